The Kier molecular flexibility index (Phi) is 1.96. The SMILES string of the molecule is O=C(O)c1nc2c(F)cccc2c(=O)[nH]1. The molecule has 2 aromatic rings. The minimum Gasteiger partial charge on any atom is -0.475 e. The molecular weight excluding hydrogens is 203 g/mol. The van der Waals surface area contributed by atoms with Gasteiger partial charge in [0.05, 0.1) is 5.39 Å². The first-order valence-corrected chi connectivity index (χ1v) is 4.01. The van der Waals surface area contributed by atoms with E-state index in [9.17, 15) is 14.0 Å². The highest BCUT2D eigenvalue weighted by Crippen LogP contribution is 2.10. The van der Waals surface area contributed by atoms with Crippen LogP contribution in [0, 0.1) is 5.82 Å². The fraction of sp³-hybridized carbons (Fsp3) is 0. The highest BCUT2D eigenvalue weighted by molar-refractivity contribution is 5.87. The molecule has 0 bridgehead atoms. The third-order valence-electron chi connectivity index (χ3n) is 1.89. The molecule has 2 rings (SSSR count). The summed E-state index contributed by atoms with van der Waals surface area (Å²) in [5.41, 5.74) is -0.907. The molecule has 5 nitrogen and oxygen atoms in total. The standard InChI is InChI=1S/C9H5FN2O3/c10-5-3-1-2-4-6(5)11-7(9(14)15)12-8(4)13/h1-3H,(H,14,15)(H,11,12,13). The Morgan fingerprint density at radius 2 is 2.20 bits per heavy atom. The van der Waals surface area contributed by atoms with Crippen LogP contribution in [0.1, 0.15) is 10.6 Å². The van der Waals surface area contributed by atoms with Gasteiger partial charge in [0.25, 0.3) is 5.56 Å². The second-order valence-electron chi connectivity index (χ2n) is 2.86. The molecule has 1 aromatic carbocycles. The van der Waals surface area contributed by atoms with Crippen molar-refractivity contribution in [3.8, 4) is 0 Å². The van der Waals surface area contributed by atoms with Gasteiger partial charge in [-0.15, -0.1) is 0 Å². The minimum absolute atomic E-state index is 0.0278. The van der Waals surface area contributed by atoms with E-state index >= 15 is 0 Å². The Hall–Kier alpha value is -2.24. The van der Waals surface area contributed by atoms with Crippen LogP contribution in [0.2, 0.25) is 0 Å². The van der Waals surface area contributed by atoms with E-state index in [-0.39, 0.29) is 10.9 Å². The number of aromatic amines is 1. The van der Waals surface area contributed by atoms with Crippen LogP contribution in [-0.2, 0) is 0 Å². The maximum absolute atomic E-state index is 13.2. The number of aromatic carboxylic acids is 1. The van der Waals surface area contributed by atoms with E-state index in [1.165, 1.54) is 12.1 Å². The Bertz CT molecular complexity index is 606. The molecule has 1 aromatic heterocycles. The summed E-state index contributed by atoms with van der Waals surface area (Å²) in [4.78, 5) is 27.4. The van der Waals surface area contributed by atoms with Crippen LogP contribution in [-0.4, -0.2) is 21.0 Å². The fourth-order valence-electron chi connectivity index (χ4n) is 1.23. The predicted octanol–water partition coefficient (Wildman–Crippen LogP) is 0.760. The van der Waals surface area contributed by atoms with Crippen LogP contribution in [0.4, 0.5) is 4.39 Å². The summed E-state index contributed by atoms with van der Waals surface area (Å²) in [5, 5.41) is 8.63. The first-order chi connectivity index (χ1) is 7.09. The second-order valence-corrected chi connectivity index (χ2v) is 2.86. The summed E-state index contributed by atoms with van der Waals surface area (Å²) in [6.07, 6.45) is 0. The lowest BCUT2D eigenvalue weighted by Gasteiger charge is -1.99. The maximum atomic E-state index is 13.2. The van der Waals surface area contributed by atoms with Gasteiger partial charge in [0.2, 0.25) is 5.82 Å². The van der Waals surface area contributed by atoms with E-state index in [4.69, 9.17) is 5.11 Å². The first-order valence-electron chi connectivity index (χ1n) is 4.01. The number of H-pyrrole nitrogens is 1. The molecule has 0 saturated heterocycles. The first kappa shape index (κ1) is 9.32. The van der Waals surface area contributed by atoms with Crippen molar-refractivity contribution in [3.05, 3.63) is 40.2 Å². The number of hydrogen-bond donors (Lipinski definition) is 2. The van der Waals surface area contributed by atoms with Gasteiger partial charge in [-0.05, 0) is 12.1 Å². The highest BCUT2D eigenvalue weighted by atomic mass is 19.1. The molecule has 0 fully saturated rings. The van der Waals surface area contributed by atoms with E-state index in [1.54, 1.807) is 0 Å². The van der Waals surface area contributed by atoms with Crippen LogP contribution in [0.15, 0.2) is 23.0 Å². The molecule has 0 radical (unpaired) electrons. The number of carboxylic acid groups (broad SMARTS) is 1. The molecular formula is C9H5FN2O3. The average molecular weight is 208 g/mol. The molecule has 2 N–H and O–H groups in total. The number of fused-ring (bicyclic) bond motifs is 1. The topological polar surface area (TPSA) is 83.0 Å². The number of carboxylic acids is 1. The van der Waals surface area contributed by atoms with Crippen molar-refractivity contribution >= 4 is 16.9 Å². The molecule has 0 aliphatic carbocycles. The van der Waals surface area contributed by atoms with Gasteiger partial charge in [0.1, 0.15) is 11.3 Å². The number of nitrogens with zero attached hydrogens (tertiary/aromatic N) is 1. The maximum Gasteiger partial charge on any atom is 0.372 e. The Morgan fingerprint density at radius 1 is 1.47 bits per heavy atom. The monoisotopic (exact) mass is 208 g/mol. The molecule has 0 aliphatic rings. The van der Waals surface area contributed by atoms with E-state index in [0.29, 0.717) is 0 Å². The van der Waals surface area contributed by atoms with Crippen LogP contribution >= 0.6 is 0 Å². The number of carbonyl (C=O) groups is 1. The number of nitrogens with one attached hydrogen (secondary N) is 1. The summed E-state index contributed by atoms with van der Waals surface area (Å²) >= 11 is 0. The second kappa shape index (κ2) is 3.16. The number of benzene rings is 1. The van der Waals surface area contributed by atoms with Crippen molar-refractivity contribution in [3.63, 3.8) is 0 Å². The largest absolute Gasteiger partial charge is 0.475 e. The number of hydrogen-bond acceptors (Lipinski definition) is 3. The lowest BCUT2D eigenvalue weighted by molar-refractivity contribution is 0.0683. The van der Waals surface area contributed by atoms with Gasteiger partial charge in [-0.3, -0.25) is 4.79 Å². The van der Waals surface area contributed by atoms with Crippen molar-refractivity contribution in [1.29, 1.82) is 0 Å². The van der Waals surface area contributed by atoms with Crippen molar-refractivity contribution in [1.82, 2.24) is 9.97 Å². The molecule has 0 spiro atoms. The molecule has 0 aliphatic heterocycles. The quantitative estimate of drug-likeness (QED) is 0.724. The van der Waals surface area contributed by atoms with Crippen LogP contribution in [0.25, 0.3) is 10.9 Å². The zero-order valence-corrected chi connectivity index (χ0v) is 7.32. The van der Waals surface area contributed by atoms with Gasteiger partial charge < -0.3 is 10.1 Å². The third kappa shape index (κ3) is 1.45. The molecule has 1 heterocycles. The molecule has 76 valence electrons. The van der Waals surface area contributed by atoms with Gasteiger partial charge in [0, 0.05) is 0 Å². The zero-order chi connectivity index (χ0) is 11.0. The van der Waals surface area contributed by atoms with Crippen LogP contribution in [0.5, 0.6) is 0 Å². The van der Waals surface area contributed by atoms with Crippen LogP contribution in [0.3, 0.4) is 0 Å². The van der Waals surface area contributed by atoms with E-state index < -0.39 is 23.2 Å². The molecule has 0 saturated carbocycles. The smallest absolute Gasteiger partial charge is 0.372 e. The van der Waals surface area contributed by atoms with Gasteiger partial charge in [-0.2, -0.15) is 0 Å². The normalized spacial score (nSPS) is 10.5. The Morgan fingerprint density at radius 3 is 2.87 bits per heavy atom. The third-order valence-corrected chi connectivity index (χ3v) is 1.89. The van der Waals surface area contributed by atoms with E-state index in [2.05, 4.69) is 4.98 Å². The lowest BCUT2D eigenvalue weighted by Crippen LogP contribution is -2.16. The van der Waals surface area contributed by atoms with Crippen molar-refractivity contribution in [2.24, 2.45) is 0 Å². The van der Waals surface area contributed by atoms with Gasteiger partial charge in [-0.1, -0.05) is 6.07 Å². The molecule has 6 heteroatoms. The Labute approximate surface area is 82.2 Å². The Balaban J connectivity index is 2.92. The van der Waals surface area contributed by atoms with Gasteiger partial charge >= 0.3 is 5.97 Å². The lowest BCUT2D eigenvalue weighted by atomic mass is 10.2. The summed E-state index contributed by atoms with van der Waals surface area (Å²) < 4.78 is 13.2. The van der Waals surface area contributed by atoms with E-state index in [0.717, 1.165) is 6.07 Å². The number of para-hydroxylation sites is 1. The van der Waals surface area contributed by atoms with Gasteiger partial charge in [-0.25, -0.2) is 14.2 Å². The molecule has 0 amide bonds. The van der Waals surface area contributed by atoms with Crippen molar-refractivity contribution in [2.45, 2.75) is 0 Å². The number of aromatic nitrogens is 2. The van der Waals surface area contributed by atoms with Crippen molar-refractivity contribution < 1.29 is 14.3 Å². The van der Waals surface area contributed by atoms with Gasteiger partial charge in [0.15, 0.2) is 0 Å². The highest BCUT2D eigenvalue weighted by Gasteiger charge is 2.11. The molecule has 0 unspecified atom stereocenters. The summed E-state index contributed by atoms with van der Waals surface area (Å²) in [6, 6.07) is 3.84. The van der Waals surface area contributed by atoms with E-state index in [1.807, 2.05) is 4.98 Å². The molecule has 15 heavy (non-hydrogen) atoms. The number of halogens is 1. The van der Waals surface area contributed by atoms with Crippen molar-refractivity contribution in [2.75, 3.05) is 0 Å². The predicted molar refractivity (Wildman–Crippen MR) is 49.3 cm³/mol. The fourth-order valence-corrected chi connectivity index (χ4v) is 1.23. The number of rotatable bonds is 1. The zero-order valence-electron chi connectivity index (χ0n) is 7.32. The average Bonchev–Trinajstić information content (AvgIpc) is 2.19. The summed E-state index contributed by atoms with van der Waals surface area (Å²) in [6.45, 7) is 0. The summed E-state index contributed by atoms with van der Waals surface area (Å²) in [7, 11) is 0. The summed E-state index contributed by atoms with van der Waals surface area (Å²) in [5.74, 6) is -2.70. The minimum atomic E-state index is -1.41. The van der Waals surface area contributed by atoms with Crippen LogP contribution < -0.4 is 5.56 Å². The molecule has 0 atom stereocenters.